The third kappa shape index (κ3) is 3.82. The number of nitrogens with one attached hydrogen (secondary N) is 2. The average molecular weight is 420 g/mol. The fourth-order valence-corrected chi connectivity index (χ4v) is 4.45. The monoisotopic (exact) mass is 419 g/mol. The number of imidazole rings is 1. The van der Waals surface area contributed by atoms with Crippen molar-refractivity contribution < 1.29 is 4.79 Å². The fraction of sp³-hybridized carbons (Fsp3) is 0.238. The second-order valence-electron chi connectivity index (χ2n) is 7.12. The molecular weight excluding hydrogens is 398 g/mol. The second kappa shape index (κ2) is 8.31. The van der Waals surface area contributed by atoms with Crippen LogP contribution >= 0.6 is 11.3 Å². The minimum atomic E-state index is -0.295. The van der Waals surface area contributed by atoms with Crippen LogP contribution in [0.5, 0.6) is 0 Å². The molecule has 0 spiro atoms. The number of aromatic nitrogens is 4. The zero-order valence-corrected chi connectivity index (χ0v) is 17.1. The molecule has 5 rings (SSSR count). The molecular formula is C21H21N7OS. The first-order chi connectivity index (χ1) is 14.8. The van der Waals surface area contributed by atoms with Gasteiger partial charge in [0.05, 0.1) is 17.6 Å². The number of thiazole rings is 1. The van der Waals surface area contributed by atoms with E-state index in [-0.39, 0.29) is 11.6 Å². The quantitative estimate of drug-likeness (QED) is 0.517. The summed E-state index contributed by atoms with van der Waals surface area (Å²) < 4.78 is 2.16. The van der Waals surface area contributed by atoms with Crippen molar-refractivity contribution in [1.82, 2.24) is 29.6 Å². The summed E-state index contributed by atoms with van der Waals surface area (Å²) in [5, 5.41) is 8.51. The molecule has 0 atom stereocenters. The Hall–Kier alpha value is -3.14. The lowest BCUT2D eigenvalue weighted by Crippen LogP contribution is -2.43. The number of piperazine rings is 1. The normalized spacial score (nSPS) is 14.8. The molecule has 4 heterocycles. The van der Waals surface area contributed by atoms with Crippen LogP contribution in [0.4, 0.5) is 5.69 Å². The lowest BCUT2D eigenvalue weighted by molar-refractivity contribution is 0.102. The predicted molar refractivity (Wildman–Crippen MR) is 117 cm³/mol. The highest BCUT2D eigenvalue weighted by atomic mass is 32.1. The van der Waals surface area contributed by atoms with Gasteiger partial charge in [-0.25, -0.2) is 9.97 Å². The second-order valence-corrected chi connectivity index (χ2v) is 7.96. The summed E-state index contributed by atoms with van der Waals surface area (Å²) in [6.07, 6.45) is 6.55. The van der Waals surface area contributed by atoms with Crippen molar-refractivity contribution in [2.24, 2.45) is 0 Å². The van der Waals surface area contributed by atoms with Crippen LogP contribution in [0.15, 0.2) is 54.4 Å². The maximum atomic E-state index is 12.5. The van der Waals surface area contributed by atoms with E-state index < -0.39 is 0 Å². The Morgan fingerprint density at radius 1 is 1.20 bits per heavy atom. The molecule has 4 aromatic rings. The van der Waals surface area contributed by atoms with Crippen LogP contribution in [-0.2, 0) is 6.54 Å². The average Bonchev–Trinajstić information content (AvgIpc) is 3.37. The number of para-hydroxylation sites is 1. The van der Waals surface area contributed by atoms with Crippen molar-refractivity contribution in [3.05, 3.63) is 65.8 Å². The number of hydrogen-bond acceptors (Lipinski definition) is 7. The Kier molecular flexibility index (Phi) is 5.22. The lowest BCUT2D eigenvalue weighted by atomic mass is 10.1. The molecule has 8 nitrogen and oxygen atoms in total. The highest BCUT2D eigenvalue weighted by molar-refractivity contribution is 7.15. The first-order valence-electron chi connectivity index (χ1n) is 9.83. The molecule has 1 saturated heterocycles. The first kappa shape index (κ1) is 18.9. The van der Waals surface area contributed by atoms with Crippen molar-refractivity contribution in [2.45, 2.75) is 6.54 Å². The maximum Gasteiger partial charge on any atom is 0.275 e. The van der Waals surface area contributed by atoms with Crippen molar-refractivity contribution in [3.8, 4) is 11.3 Å². The molecule has 1 aliphatic rings. The molecule has 9 heteroatoms. The highest BCUT2D eigenvalue weighted by Crippen LogP contribution is 2.30. The van der Waals surface area contributed by atoms with Crippen LogP contribution in [0.1, 0.15) is 16.2 Å². The molecule has 2 N–H and O–H groups in total. The van der Waals surface area contributed by atoms with Gasteiger partial charge in [-0.2, -0.15) is 0 Å². The van der Waals surface area contributed by atoms with Gasteiger partial charge in [-0.1, -0.05) is 18.2 Å². The van der Waals surface area contributed by atoms with Gasteiger partial charge in [0.15, 0.2) is 4.96 Å². The van der Waals surface area contributed by atoms with Gasteiger partial charge in [0, 0.05) is 68.0 Å². The van der Waals surface area contributed by atoms with Crippen molar-refractivity contribution in [1.29, 1.82) is 0 Å². The molecule has 30 heavy (non-hydrogen) atoms. The van der Waals surface area contributed by atoms with Crippen LogP contribution in [0.2, 0.25) is 0 Å². The van der Waals surface area contributed by atoms with Crippen LogP contribution < -0.4 is 10.6 Å². The summed E-state index contributed by atoms with van der Waals surface area (Å²) in [6.45, 7) is 5.07. The SMILES string of the molecule is O=C(Nc1ccccc1-c1cn2c(CN3CCNCC3)csc2n1)c1cnccn1. The largest absolute Gasteiger partial charge is 0.320 e. The van der Waals surface area contributed by atoms with E-state index in [1.807, 2.05) is 24.3 Å². The highest BCUT2D eigenvalue weighted by Gasteiger charge is 2.17. The van der Waals surface area contributed by atoms with E-state index in [1.54, 1.807) is 17.5 Å². The molecule has 0 saturated carbocycles. The molecule has 1 amide bonds. The van der Waals surface area contributed by atoms with E-state index in [4.69, 9.17) is 4.98 Å². The van der Waals surface area contributed by atoms with Crippen LogP contribution in [0.25, 0.3) is 16.2 Å². The van der Waals surface area contributed by atoms with Crippen molar-refractivity contribution >= 4 is 27.9 Å². The fourth-order valence-electron chi connectivity index (χ4n) is 3.59. The molecule has 3 aromatic heterocycles. The van der Waals surface area contributed by atoms with E-state index in [1.165, 1.54) is 18.1 Å². The Labute approximate surface area is 177 Å². The van der Waals surface area contributed by atoms with Gasteiger partial charge in [0.2, 0.25) is 0 Å². The van der Waals surface area contributed by atoms with Crippen molar-refractivity contribution in [2.75, 3.05) is 31.5 Å². The summed E-state index contributed by atoms with van der Waals surface area (Å²) in [6, 6.07) is 7.68. The van der Waals surface area contributed by atoms with E-state index in [0.29, 0.717) is 5.69 Å². The Bertz CT molecular complexity index is 1160. The van der Waals surface area contributed by atoms with Crippen molar-refractivity contribution in [3.63, 3.8) is 0 Å². The standard InChI is InChI=1S/C21H21N7OS/c29-20(18-11-23-5-6-24-18)25-17-4-2-1-3-16(17)19-13-28-15(14-30-21(28)26-19)12-27-9-7-22-8-10-27/h1-6,11,13-14,22H,7-10,12H2,(H,25,29). The summed E-state index contributed by atoms with van der Waals surface area (Å²) >= 11 is 1.64. The number of benzene rings is 1. The molecule has 0 radical (unpaired) electrons. The Morgan fingerprint density at radius 3 is 2.90 bits per heavy atom. The third-order valence-electron chi connectivity index (χ3n) is 5.13. The molecule has 1 aromatic carbocycles. The van der Waals surface area contributed by atoms with Gasteiger partial charge in [-0.3, -0.25) is 19.1 Å². The minimum Gasteiger partial charge on any atom is -0.320 e. The van der Waals surface area contributed by atoms with Gasteiger partial charge in [-0.05, 0) is 6.07 Å². The van der Waals surface area contributed by atoms with E-state index >= 15 is 0 Å². The zero-order valence-electron chi connectivity index (χ0n) is 16.3. The predicted octanol–water partition coefficient (Wildman–Crippen LogP) is 2.51. The number of hydrogen-bond donors (Lipinski definition) is 2. The van der Waals surface area contributed by atoms with Crippen LogP contribution in [0.3, 0.4) is 0 Å². The number of amides is 1. The number of rotatable bonds is 5. The molecule has 1 fully saturated rings. The molecule has 152 valence electrons. The summed E-state index contributed by atoms with van der Waals surface area (Å²) in [7, 11) is 0. The molecule has 0 unspecified atom stereocenters. The number of fused-ring (bicyclic) bond motifs is 1. The molecule has 0 aliphatic carbocycles. The Morgan fingerprint density at radius 2 is 2.07 bits per heavy atom. The van der Waals surface area contributed by atoms with E-state index in [9.17, 15) is 4.79 Å². The van der Waals surface area contributed by atoms with Gasteiger partial charge in [-0.15, -0.1) is 11.3 Å². The number of carbonyl (C=O) groups is 1. The smallest absolute Gasteiger partial charge is 0.275 e. The van der Waals surface area contributed by atoms with E-state index in [2.05, 4.69) is 41.5 Å². The van der Waals surface area contributed by atoms with Gasteiger partial charge in [0.25, 0.3) is 5.91 Å². The molecule has 0 bridgehead atoms. The lowest BCUT2D eigenvalue weighted by Gasteiger charge is -2.26. The Balaban J connectivity index is 1.42. The first-order valence-corrected chi connectivity index (χ1v) is 10.7. The van der Waals surface area contributed by atoms with Gasteiger partial charge >= 0.3 is 0 Å². The number of carbonyl (C=O) groups excluding carboxylic acids is 1. The zero-order chi connectivity index (χ0) is 20.3. The van der Waals surface area contributed by atoms with Gasteiger partial charge < -0.3 is 10.6 Å². The van der Waals surface area contributed by atoms with Crippen LogP contribution in [0, 0.1) is 0 Å². The third-order valence-corrected chi connectivity index (χ3v) is 6.01. The summed E-state index contributed by atoms with van der Waals surface area (Å²) in [4.78, 5) is 28.8. The number of anilines is 1. The van der Waals surface area contributed by atoms with Crippen LogP contribution in [-0.4, -0.2) is 56.3 Å². The minimum absolute atomic E-state index is 0.274. The van der Waals surface area contributed by atoms with Gasteiger partial charge in [0.1, 0.15) is 5.69 Å². The topological polar surface area (TPSA) is 87.5 Å². The number of nitrogens with zero attached hydrogens (tertiary/aromatic N) is 5. The maximum absolute atomic E-state index is 12.5. The van der Waals surface area contributed by atoms with E-state index in [0.717, 1.165) is 48.9 Å². The summed E-state index contributed by atoms with van der Waals surface area (Å²) in [5.74, 6) is -0.295. The molecule has 1 aliphatic heterocycles. The summed E-state index contributed by atoms with van der Waals surface area (Å²) in [5.41, 5.74) is 3.91.